The van der Waals surface area contributed by atoms with Crippen LogP contribution in [0, 0.1) is 5.41 Å². The van der Waals surface area contributed by atoms with Crippen LogP contribution in [0.1, 0.15) is 6.42 Å². The van der Waals surface area contributed by atoms with Crippen LogP contribution in [0.4, 0.5) is 29.7 Å². The number of nitrogens with one attached hydrogen (secondary N) is 4. The lowest BCUT2D eigenvalue weighted by molar-refractivity contribution is -0.123. The van der Waals surface area contributed by atoms with E-state index < -0.39 is 35.5 Å². The van der Waals surface area contributed by atoms with E-state index in [0.717, 1.165) is 23.1 Å². The molecular formula is C29H37F2N9O5. The van der Waals surface area contributed by atoms with Crippen molar-refractivity contribution in [3.05, 3.63) is 95.9 Å². The van der Waals surface area contributed by atoms with Crippen molar-refractivity contribution in [3.63, 3.8) is 0 Å². The van der Waals surface area contributed by atoms with Gasteiger partial charge in [-0.1, -0.05) is 12.7 Å². The molecule has 1 aliphatic heterocycles. The molecule has 0 unspecified atom stereocenters. The van der Waals surface area contributed by atoms with Gasteiger partial charge in [-0.25, -0.2) is 28.7 Å². The van der Waals surface area contributed by atoms with Gasteiger partial charge in [0.15, 0.2) is 5.88 Å². The number of carbonyl (C=O) groups excluding carboxylic acids is 3. The third-order valence-corrected chi connectivity index (χ3v) is 5.80. The first-order chi connectivity index (χ1) is 21.3. The lowest BCUT2D eigenvalue weighted by Crippen LogP contribution is -2.57. The van der Waals surface area contributed by atoms with E-state index in [1.165, 1.54) is 26.4 Å². The highest BCUT2D eigenvalue weighted by Crippen LogP contribution is 2.26. The molecule has 0 bridgehead atoms. The number of rotatable bonds is 14. The van der Waals surface area contributed by atoms with Gasteiger partial charge in [-0.3, -0.25) is 19.9 Å². The maximum atomic E-state index is 14.5. The molecule has 0 saturated carbocycles. The number of urea groups is 2. The number of allylic oxidation sites excluding steroid dienone is 6. The smallest absolute Gasteiger partial charge is 0.343 e. The molecule has 1 aliphatic rings. The number of carbonyl (C=O) groups is 3. The molecule has 2 rings (SSSR count). The molecule has 14 nitrogen and oxygen atoms in total. The number of anilines is 2. The highest BCUT2D eigenvalue weighted by Gasteiger charge is 2.42. The van der Waals surface area contributed by atoms with E-state index in [1.54, 1.807) is 43.3 Å². The second-order valence-electron chi connectivity index (χ2n) is 9.51. The zero-order chi connectivity index (χ0) is 33.7. The molecule has 1 aromatic carbocycles. The van der Waals surface area contributed by atoms with E-state index in [-0.39, 0.29) is 42.5 Å². The van der Waals surface area contributed by atoms with Crippen molar-refractivity contribution in [1.29, 1.82) is 5.41 Å². The Morgan fingerprint density at radius 1 is 1.07 bits per heavy atom. The summed E-state index contributed by atoms with van der Waals surface area (Å²) in [6, 6.07) is 4.80. The summed E-state index contributed by atoms with van der Waals surface area (Å²) < 4.78 is 32.3. The molecule has 0 spiro atoms. The Kier molecular flexibility index (Phi) is 13.5. The van der Waals surface area contributed by atoms with E-state index >= 15 is 0 Å². The van der Waals surface area contributed by atoms with Gasteiger partial charge in [0.25, 0.3) is 5.91 Å². The van der Waals surface area contributed by atoms with Gasteiger partial charge >= 0.3 is 12.1 Å². The van der Waals surface area contributed by atoms with Crippen molar-refractivity contribution < 1.29 is 32.7 Å². The molecule has 1 aromatic rings. The molecule has 0 aromatic heterocycles. The number of benzene rings is 1. The Balaban J connectivity index is 2.59. The summed E-state index contributed by atoms with van der Waals surface area (Å²) in [6.07, 6.45) is 5.10. The Bertz CT molecular complexity index is 1450. The molecule has 5 amide bonds. The maximum Gasteiger partial charge on any atom is 0.343 e. The van der Waals surface area contributed by atoms with Gasteiger partial charge < -0.3 is 31.7 Å². The fourth-order valence-electron chi connectivity index (χ4n) is 3.79. The quantitative estimate of drug-likeness (QED) is 0.0775. The standard InChI is InChI=1S/C29H37F2N9O5/c1-18(30)7-6-8-19(31)15-16-39-26(34)25(27(41)40(29(39)43)23(32)13-14-24(33)44-4)22(17-38(2)3)35-20-9-11-21(12-10-20)36-28(42)37-45-5/h6-14,34-35H,1,15-17,32-33H2,2-5H3,(H2,36,37,42)/b7-6-,19-8+,23-13+,24-14+,25-22+,34-26?. The fourth-order valence-corrected chi connectivity index (χ4v) is 3.79. The number of halogens is 2. The van der Waals surface area contributed by atoms with Gasteiger partial charge in [0.05, 0.1) is 14.2 Å². The zero-order valence-electron chi connectivity index (χ0n) is 25.3. The summed E-state index contributed by atoms with van der Waals surface area (Å²) >= 11 is 0. The third kappa shape index (κ3) is 10.6. The van der Waals surface area contributed by atoms with Gasteiger partial charge in [-0.05, 0) is 56.6 Å². The number of ether oxygens (including phenoxy) is 1. The number of hydrogen-bond donors (Lipinski definition) is 6. The van der Waals surface area contributed by atoms with Crippen molar-refractivity contribution >= 4 is 35.2 Å². The van der Waals surface area contributed by atoms with Crippen molar-refractivity contribution in [2.24, 2.45) is 11.5 Å². The average molecular weight is 630 g/mol. The van der Waals surface area contributed by atoms with E-state index in [1.807, 2.05) is 0 Å². The van der Waals surface area contributed by atoms with E-state index in [0.29, 0.717) is 16.3 Å². The van der Waals surface area contributed by atoms with Crippen LogP contribution in [0.25, 0.3) is 0 Å². The normalized spacial score (nSPS) is 16.0. The minimum atomic E-state index is -0.999. The number of amidine groups is 1. The molecule has 242 valence electrons. The van der Waals surface area contributed by atoms with Crippen LogP contribution in [-0.4, -0.2) is 79.9 Å². The van der Waals surface area contributed by atoms with Crippen LogP contribution in [0.3, 0.4) is 0 Å². The Morgan fingerprint density at radius 2 is 1.69 bits per heavy atom. The summed E-state index contributed by atoms with van der Waals surface area (Å²) in [4.78, 5) is 46.9. The number of imide groups is 1. The van der Waals surface area contributed by atoms with E-state index in [4.69, 9.17) is 21.6 Å². The summed E-state index contributed by atoms with van der Waals surface area (Å²) in [5.41, 5.74) is 14.8. The van der Waals surface area contributed by atoms with Crippen LogP contribution in [0.2, 0.25) is 0 Å². The van der Waals surface area contributed by atoms with Crippen molar-refractivity contribution in [2.45, 2.75) is 6.42 Å². The molecule has 1 fully saturated rings. The molecule has 0 radical (unpaired) electrons. The first kappa shape index (κ1) is 35.7. The van der Waals surface area contributed by atoms with E-state index in [2.05, 4.69) is 27.5 Å². The predicted octanol–water partition coefficient (Wildman–Crippen LogP) is 3.37. The largest absolute Gasteiger partial charge is 0.483 e. The first-order valence-electron chi connectivity index (χ1n) is 13.2. The highest BCUT2D eigenvalue weighted by molar-refractivity contribution is 6.30. The zero-order valence-corrected chi connectivity index (χ0v) is 25.3. The second-order valence-corrected chi connectivity index (χ2v) is 9.51. The average Bonchev–Trinajstić information content (AvgIpc) is 2.96. The fraction of sp³-hybridized carbons (Fsp3) is 0.241. The number of methoxy groups -OCH3 is 1. The molecule has 45 heavy (non-hydrogen) atoms. The molecule has 1 saturated heterocycles. The van der Waals surface area contributed by atoms with Crippen LogP contribution < -0.4 is 27.6 Å². The number of amides is 5. The summed E-state index contributed by atoms with van der Waals surface area (Å²) in [6.45, 7) is 2.79. The topological polar surface area (TPSA) is 191 Å². The lowest BCUT2D eigenvalue weighted by atomic mass is 10.1. The summed E-state index contributed by atoms with van der Waals surface area (Å²) in [7, 11) is 6.06. The third-order valence-electron chi connectivity index (χ3n) is 5.80. The Morgan fingerprint density at radius 3 is 2.24 bits per heavy atom. The Hall–Kier alpha value is -5.48. The number of nitrogens with two attached hydrogens (primary N) is 2. The van der Waals surface area contributed by atoms with Crippen LogP contribution in [0.15, 0.2) is 95.9 Å². The minimum absolute atomic E-state index is 0.0564. The van der Waals surface area contributed by atoms with Gasteiger partial charge in [0, 0.05) is 42.7 Å². The SMILES string of the molecule is C=C(F)/C=C\C=C(\F)CCN1C(=N)/C(=C(/CN(C)C)Nc2ccc(NC(=O)NOC)cc2)C(=O)N(/C(N)=C/C=C(\N)OC)C1=O. The van der Waals surface area contributed by atoms with Gasteiger partial charge in [-0.15, -0.1) is 0 Å². The number of hydroxylamine groups is 1. The van der Waals surface area contributed by atoms with Crippen LogP contribution in [-0.2, 0) is 14.4 Å². The summed E-state index contributed by atoms with van der Waals surface area (Å²) in [5.74, 6) is -3.31. The van der Waals surface area contributed by atoms with Crippen molar-refractivity contribution in [1.82, 2.24) is 20.2 Å². The van der Waals surface area contributed by atoms with Crippen LogP contribution in [0.5, 0.6) is 0 Å². The van der Waals surface area contributed by atoms with Gasteiger partial charge in [0.1, 0.15) is 28.9 Å². The molecule has 16 heteroatoms. The molecular weight excluding hydrogens is 592 g/mol. The molecule has 8 N–H and O–H groups in total. The number of nitrogens with zero attached hydrogens (tertiary/aromatic N) is 3. The van der Waals surface area contributed by atoms with E-state index in [9.17, 15) is 23.2 Å². The predicted molar refractivity (Wildman–Crippen MR) is 166 cm³/mol. The van der Waals surface area contributed by atoms with Crippen molar-refractivity contribution in [2.75, 3.05) is 52.0 Å². The van der Waals surface area contributed by atoms with Crippen LogP contribution >= 0.6 is 0 Å². The van der Waals surface area contributed by atoms with Gasteiger partial charge in [0.2, 0.25) is 0 Å². The summed E-state index contributed by atoms with van der Waals surface area (Å²) in [5, 5.41) is 14.5. The van der Waals surface area contributed by atoms with Crippen molar-refractivity contribution in [3.8, 4) is 0 Å². The lowest BCUT2D eigenvalue weighted by Gasteiger charge is -2.37. The maximum absolute atomic E-state index is 14.5. The monoisotopic (exact) mass is 629 g/mol. The first-order valence-corrected chi connectivity index (χ1v) is 13.2. The number of likely N-dealkylation sites (N-methyl/N-ethyl adjacent to an activating group) is 1. The highest BCUT2D eigenvalue weighted by atomic mass is 19.1. The molecule has 1 heterocycles. The Labute approximate surface area is 259 Å². The number of hydrogen-bond acceptors (Lipinski definition) is 10. The minimum Gasteiger partial charge on any atom is -0.483 e. The van der Waals surface area contributed by atoms with Gasteiger partial charge in [-0.2, -0.15) is 0 Å². The molecule has 0 aliphatic carbocycles. The second kappa shape index (κ2) is 17.0. The molecule has 0 atom stereocenters.